The summed E-state index contributed by atoms with van der Waals surface area (Å²) in [4.78, 5) is 11.4. The van der Waals surface area contributed by atoms with E-state index in [1.807, 2.05) is 18.2 Å². The Bertz CT molecular complexity index is 693. The van der Waals surface area contributed by atoms with Crippen molar-refractivity contribution in [3.8, 4) is 5.69 Å². The molecule has 0 unspecified atom stereocenters. The number of hydrogen-bond acceptors (Lipinski definition) is 3. The van der Waals surface area contributed by atoms with Crippen LogP contribution in [0.4, 0.5) is 0 Å². The Morgan fingerprint density at radius 2 is 1.47 bits per heavy atom. The number of benzene rings is 1. The molecule has 17 heavy (non-hydrogen) atoms. The summed E-state index contributed by atoms with van der Waals surface area (Å²) >= 11 is 2.70. The zero-order valence-electron chi connectivity index (χ0n) is 9.56. The fourth-order valence-electron chi connectivity index (χ4n) is 2.18. The zero-order valence-corrected chi connectivity index (χ0v) is 11.2. The van der Waals surface area contributed by atoms with Gasteiger partial charge < -0.3 is 4.57 Å². The van der Waals surface area contributed by atoms with E-state index in [1.165, 1.54) is 22.7 Å². The lowest BCUT2D eigenvalue weighted by Gasteiger charge is -2.08. The molecule has 0 bridgehead atoms. The van der Waals surface area contributed by atoms with Crippen LogP contribution in [0.1, 0.15) is 11.4 Å². The third kappa shape index (κ3) is 1.56. The van der Waals surface area contributed by atoms with Crippen molar-refractivity contribution in [1.29, 1.82) is 0 Å². The second kappa shape index (κ2) is 3.82. The van der Waals surface area contributed by atoms with Crippen LogP contribution >= 0.6 is 22.7 Å². The van der Waals surface area contributed by atoms with E-state index < -0.39 is 0 Å². The normalized spacial score (nSPS) is 11.2. The quantitative estimate of drug-likeness (QED) is 0.654. The Balaban J connectivity index is 2.38. The molecule has 0 spiro atoms. The fraction of sp³-hybridized carbons (Fsp3) is 0.154. The first kappa shape index (κ1) is 10.7. The van der Waals surface area contributed by atoms with Gasteiger partial charge in [0.2, 0.25) is 0 Å². The van der Waals surface area contributed by atoms with E-state index in [9.17, 15) is 4.79 Å². The summed E-state index contributed by atoms with van der Waals surface area (Å²) in [6.45, 7) is 4.15. The first-order valence-corrected chi connectivity index (χ1v) is 6.99. The van der Waals surface area contributed by atoms with E-state index in [-0.39, 0.29) is 4.06 Å². The summed E-state index contributed by atoms with van der Waals surface area (Å²) in [5, 5.41) is 0. The number of hydrogen-bond donors (Lipinski definition) is 0. The predicted octanol–water partition coefficient (Wildman–Crippen LogP) is 3.73. The summed E-state index contributed by atoms with van der Waals surface area (Å²) < 4.78 is 4.65. The maximum absolute atomic E-state index is 11.4. The summed E-state index contributed by atoms with van der Waals surface area (Å²) in [6, 6.07) is 10.3. The van der Waals surface area contributed by atoms with Crippen molar-refractivity contribution in [2.24, 2.45) is 0 Å². The maximum atomic E-state index is 11.4. The molecule has 0 aliphatic rings. The fourth-order valence-corrected chi connectivity index (χ4v) is 4.38. The van der Waals surface area contributed by atoms with Gasteiger partial charge in [-0.15, -0.1) is 0 Å². The van der Waals surface area contributed by atoms with E-state index in [2.05, 4.69) is 30.5 Å². The number of nitrogens with zero attached hydrogens (tertiary/aromatic N) is 1. The summed E-state index contributed by atoms with van der Waals surface area (Å²) in [5.74, 6) is 0. The second-order valence-corrected chi connectivity index (χ2v) is 6.18. The van der Waals surface area contributed by atoms with Crippen molar-refractivity contribution < 1.29 is 0 Å². The van der Waals surface area contributed by atoms with Crippen LogP contribution in [0.2, 0.25) is 0 Å². The third-order valence-corrected chi connectivity index (χ3v) is 5.29. The van der Waals surface area contributed by atoms with Gasteiger partial charge in [-0.1, -0.05) is 40.9 Å². The van der Waals surface area contributed by atoms with Crippen LogP contribution in [-0.2, 0) is 0 Å². The standard InChI is InChI=1S/C13H11NOS2/c1-8-11-12(17-13(15)16-11)9(2)14(8)10-6-4-3-5-7-10/h3-7H,1-2H3. The molecule has 0 saturated heterocycles. The molecule has 2 heterocycles. The van der Waals surface area contributed by atoms with Gasteiger partial charge in [0.15, 0.2) is 0 Å². The molecular formula is C13H11NOS2. The SMILES string of the molecule is Cc1c2sc(=O)sc2c(C)n1-c1ccccc1. The topological polar surface area (TPSA) is 22.0 Å². The van der Waals surface area contributed by atoms with Gasteiger partial charge in [-0.3, -0.25) is 4.79 Å². The number of aromatic nitrogens is 1. The summed E-state index contributed by atoms with van der Waals surface area (Å²) in [6.07, 6.45) is 0. The molecule has 2 nitrogen and oxygen atoms in total. The lowest BCUT2D eigenvalue weighted by molar-refractivity contribution is 0.976. The molecule has 0 radical (unpaired) electrons. The monoisotopic (exact) mass is 261 g/mol. The van der Waals surface area contributed by atoms with Gasteiger partial charge in [-0.2, -0.15) is 0 Å². The van der Waals surface area contributed by atoms with Gasteiger partial charge in [-0.25, -0.2) is 0 Å². The van der Waals surface area contributed by atoms with Crippen LogP contribution in [0.25, 0.3) is 15.1 Å². The van der Waals surface area contributed by atoms with Crippen molar-refractivity contribution in [1.82, 2.24) is 4.57 Å². The van der Waals surface area contributed by atoms with E-state index in [1.54, 1.807) is 0 Å². The molecule has 0 atom stereocenters. The van der Waals surface area contributed by atoms with Crippen LogP contribution in [-0.4, -0.2) is 4.57 Å². The Kier molecular flexibility index (Phi) is 2.42. The molecule has 0 saturated carbocycles. The minimum absolute atomic E-state index is 0.182. The van der Waals surface area contributed by atoms with Gasteiger partial charge in [0.05, 0.1) is 9.40 Å². The van der Waals surface area contributed by atoms with E-state index in [0.29, 0.717) is 0 Å². The second-order valence-electron chi connectivity index (χ2n) is 3.95. The van der Waals surface area contributed by atoms with Crippen molar-refractivity contribution in [3.05, 3.63) is 50.6 Å². The van der Waals surface area contributed by atoms with E-state index in [0.717, 1.165) is 26.5 Å². The highest BCUT2D eigenvalue weighted by molar-refractivity contribution is 7.35. The Morgan fingerprint density at radius 3 is 2.00 bits per heavy atom. The van der Waals surface area contributed by atoms with Gasteiger partial charge in [0.25, 0.3) is 4.06 Å². The van der Waals surface area contributed by atoms with Crippen molar-refractivity contribution in [2.75, 3.05) is 0 Å². The Labute approximate surface area is 107 Å². The minimum Gasteiger partial charge on any atom is -0.316 e. The molecule has 1 aromatic carbocycles. The smallest absolute Gasteiger partial charge is 0.288 e. The van der Waals surface area contributed by atoms with Gasteiger partial charge in [0, 0.05) is 17.1 Å². The Morgan fingerprint density at radius 1 is 0.941 bits per heavy atom. The third-order valence-electron chi connectivity index (χ3n) is 2.92. The van der Waals surface area contributed by atoms with Crippen LogP contribution in [0.3, 0.4) is 0 Å². The van der Waals surface area contributed by atoms with Crippen LogP contribution in [0, 0.1) is 13.8 Å². The number of fused-ring (bicyclic) bond motifs is 1. The predicted molar refractivity (Wildman–Crippen MR) is 74.8 cm³/mol. The van der Waals surface area contributed by atoms with Crippen molar-refractivity contribution in [2.45, 2.75) is 13.8 Å². The molecule has 0 amide bonds. The highest BCUT2D eigenvalue weighted by Crippen LogP contribution is 2.32. The molecule has 0 N–H and O–H groups in total. The average molecular weight is 261 g/mol. The van der Waals surface area contributed by atoms with Gasteiger partial charge in [-0.05, 0) is 26.0 Å². The van der Waals surface area contributed by atoms with E-state index in [4.69, 9.17) is 0 Å². The average Bonchev–Trinajstić information content (AvgIpc) is 2.81. The number of rotatable bonds is 1. The summed E-state index contributed by atoms with van der Waals surface area (Å²) in [5.41, 5.74) is 3.48. The molecule has 0 aliphatic carbocycles. The van der Waals surface area contributed by atoms with E-state index >= 15 is 0 Å². The summed E-state index contributed by atoms with van der Waals surface area (Å²) in [7, 11) is 0. The first-order valence-electron chi connectivity index (χ1n) is 5.35. The van der Waals surface area contributed by atoms with Crippen LogP contribution < -0.4 is 4.06 Å². The van der Waals surface area contributed by atoms with Gasteiger partial charge in [0.1, 0.15) is 0 Å². The number of para-hydroxylation sites is 1. The largest absolute Gasteiger partial charge is 0.316 e. The molecule has 3 aromatic rings. The first-order chi connectivity index (χ1) is 8.18. The number of aryl methyl sites for hydroxylation is 2. The lowest BCUT2D eigenvalue weighted by atomic mass is 10.3. The van der Waals surface area contributed by atoms with Crippen molar-refractivity contribution in [3.63, 3.8) is 0 Å². The maximum Gasteiger partial charge on any atom is 0.288 e. The zero-order chi connectivity index (χ0) is 12.0. The van der Waals surface area contributed by atoms with Gasteiger partial charge >= 0.3 is 0 Å². The van der Waals surface area contributed by atoms with Crippen molar-refractivity contribution >= 4 is 32.1 Å². The molecular weight excluding hydrogens is 250 g/mol. The highest BCUT2D eigenvalue weighted by Gasteiger charge is 2.15. The molecule has 0 fully saturated rings. The molecule has 4 heteroatoms. The minimum atomic E-state index is 0.182. The molecule has 86 valence electrons. The van der Waals surface area contributed by atoms with Crippen LogP contribution in [0.5, 0.6) is 0 Å². The van der Waals surface area contributed by atoms with Crippen LogP contribution in [0.15, 0.2) is 35.1 Å². The lowest BCUT2D eigenvalue weighted by Crippen LogP contribution is -1.98. The molecule has 3 rings (SSSR count). The molecule has 0 aliphatic heterocycles. The highest BCUT2D eigenvalue weighted by atomic mass is 32.2. The Hall–Kier alpha value is -1.39. The molecule has 2 aromatic heterocycles.